The van der Waals surface area contributed by atoms with Crippen LogP contribution in [0.15, 0.2) is 18.2 Å². The molecule has 0 aliphatic heterocycles. The van der Waals surface area contributed by atoms with Crippen molar-refractivity contribution >= 4 is 0 Å². The number of methoxy groups -OCH3 is 2. The van der Waals surface area contributed by atoms with E-state index in [1.54, 1.807) is 14.2 Å². The highest BCUT2D eigenvalue weighted by Gasteiger charge is 2.04. The molecule has 0 heterocycles. The first-order valence-electron chi connectivity index (χ1n) is 6.28. The van der Waals surface area contributed by atoms with Crippen molar-refractivity contribution < 1.29 is 14.2 Å². The third kappa shape index (κ3) is 4.84. The maximum atomic E-state index is 5.71. The quantitative estimate of drug-likeness (QED) is 0.772. The number of benzene rings is 1. The summed E-state index contributed by atoms with van der Waals surface area (Å²) in [7, 11) is 3.26. The van der Waals surface area contributed by atoms with Crippen LogP contribution in [-0.2, 0) is 0 Å². The van der Waals surface area contributed by atoms with Crippen molar-refractivity contribution in [3.8, 4) is 17.2 Å². The lowest BCUT2D eigenvalue weighted by Gasteiger charge is -2.14. The van der Waals surface area contributed by atoms with E-state index in [1.165, 1.54) is 0 Å². The highest BCUT2D eigenvalue weighted by atomic mass is 16.5. The van der Waals surface area contributed by atoms with E-state index in [2.05, 4.69) is 19.2 Å². The van der Waals surface area contributed by atoms with Crippen LogP contribution in [0.1, 0.15) is 20.3 Å². The van der Waals surface area contributed by atoms with E-state index in [-0.39, 0.29) is 0 Å². The van der Waals surface area contributed by atoms with Gasteiger partial charge in [-0.25, -0.2) is 0 Å². The second kappa shape index (κ2) is 7.82. The summed E-state index contributed by atoms with van der Waals surface area (Å²) < 4.78 is 16.1. The Morgan fingerprint density at radius 3 is 2.11 bits per heavy atom. The van der Waals surface area contributed by atoms with Gasteiger partial charge in [-0.3, -0.25) is 0 Å². The highest BCUT2D eigenvalue weighted by Crippen LogP contribution is 2.27. The van der Waals surface area contributed by atoms with Gasteiger partial charge in [-0.05, 0) is 19.9 Å². The van der Waals surface area contributed by atoms with E-state index in [4.69, 9.17) is 14.2 Å². The average molecular weight is 253 g/mol. The first kappa shape index (κ1) is 14.6. The van der Waals surface area contributed by atoms with E-state index in [9.17, 15) is 0 Å². The summed E-state index contributed by atoms with van der Waals surface area (Å²) in [5.41, 5.74) is 0. The fraction of sp³-hybridized carbons (Fsp3) is 0.571. The van der Waals surface area contributed by atoms with Gasteiger partial charge in [-0.15, -0.1) is 0 Å². The molecule has 4 nitrogen and oxygen atoms in total. The molecule has 1 rings (SSSR count). The largest absolute Gasteiger partial charge is 0.496 e. The summed E-state index contributed by atoms with van der Waals surface area (Å²) in [5.74, 6) is 2.25. The molecule has 0 saturated carbocycles. The minimum Gasteiger partial charge on any atom is -0.496 e. The van der Waals surface area contributed by atoms with Gasteiger partial charge in [0.25, 0.3) is 0 Å². The predicted molar refractivity (Wildman–Crippen MR) is 72.8 cm³/mol. The van der Waals surface area contributed by atoms with Crippen LogP contribution < -0.4 is 19.5 Å². The van der Waals surface area contributed by atoms with Gasteiger partial charge in [-0.1, -0.05) is 6.92 Å². The summed E-state index contributed by atoms with van der Waals surface area (Å²) in [6.07, 6.45) is 0.966. The van der Waals surface area contributed by atoms with Gasteiger partial charge in [0.2, 0.25) is 0 Å². The van der Waals surface area contributed by atoms with Crippen LogP contribution in [0, 0.1) is 0 Å². The molecule has 0 spiro atoms. The van der Waals surface area contributed by atoms with Crippen molar-refractivity contribution in [2.45, 2.75) is 26.3 Å². The summed E-state index contributed by atoms with van der Waals surface area (Å²) >= 11 is 0. The summed E-state index contributed by atoms with van der Waals surface area (Å²) in [6.45, 7) is 5.90. The van der Waals surface area contributed by atoms with E-state index in [1.807, 2.05) is 18.2 Å². The number of hydrogen-bond acceptors (Lipinski definition) is 4. The van der Waals surface area contributed by atoms with E-state index in [0.717, 1.165) is 30.2 Å². The molecule has 1 N–H and O–H groups in total. The molecular formula is C14H23NO3. The van der Waals surface area contributed by atoms with Crippen molar-refractivity contribution in [2.75, 3.05) is 27.4 Å². The zero-order valence-electron chi connectivity index (χ0n) is 11.7. The zero-order chi connectivity index (χ0) is 13.4. The maximum Gasteiger partial charge on any atom is 0.126 e. The SMILES string of the molecule is CCNC(C)CCOc1cc(OC)cc(OC)c1. The summed E-state index contributed by atoms with van der Waals surface area (Å²) in [6, 6.07) is 6.01. The number of nitrogens with one attached hydrogen (secondary N) is 1. The van der Waals surface area contributed by atoms with Gasteiger partial charge >= 0.3 is 0 Å². The Labute approximate surface area is 109 Å². The van der Waals surface area contributed by atoms with E-state index >= 15 is 0 Å². The van der Waals surface area contributed by atoms with Crippen molar-refractivity contribution in [1.29, 1.82) is 0 Å². The van der Waals surface area contributed by atoms with Crippen LogP contribution in [0.25, 0.3) is 0 Å². The van der Waals surface area contributed by atoms with Crippen molar-refractivity contribution in [1.82, 2.24) is 5.32 Å². The molecule has 1 atom stereocenters. The molecule has 102 valence electrons. The molecule has 0 bridgehead atoms. The van der Waals surface area contributed by atoms with Crippen LogP contribution in [0.5, 0.6) is 17.2 Å². The molecular weight excluding hydrogens is 230 g/mol. The van der Waals surface area contributed by atoms with Crippen molar-refractivity contribution in [3.05, 3.63) is 18.2 Å². The van der Waals surface area contributed by atoms with Crippen LogP contribution in [0.3, 0.4) is 0 Å². The van der Waals surface area contributed by atoms with Crippen LogP contribution >= 0.6 is 0 Å². The second-order valence-electron chi connectivity index (χ2n) is 4.14. The molecule has 4 heteroatoms. The molecule has 0 saturated heterocycles. The average Bonchev–Trinajstić information content (AvgIpc) is 2.38. The Hall–Kier alpha value is -1.42. The standard InChI is InChI=1S/C14H23NO3/c1-5-15-11(2)6-7-18-14-9-12(16-3)8-13(10-14)17-4/h8-11,15H,5-7H2,1-4H3. The fourth-order valence-corrected chi connectivity index (χ4v) is 1.67. The van der Waals surface area contributed by atoms with Gasteiger partial charge in [0.1, 0.15) is 17.2 Å². The summed E-state index contributed by atoms with van der Waals surface area (Å²) in [4.78, 5) is 0. The number of hydrogen-bond donors (Lipinski definition) is 1. The lowest BCUT2D eigenvalue weighted by atomic mass is 10.2. The van der Waals surface area contributed by atoms with Gasteiger partial charge in [0.15, 0.2) is 0 Å². The molecule has 0 aliphatic carbocycles. The van der Waals surface area contributed by atoms with Gasteiger partial charge in [0, 0.05) is 24.2 Å². The zero-order valence-corrected chi connectivity index (χ0v) is 11.7. The minimum absolute atomic E-state index is 0.461. The normalized spacial score (nSPS) is 12.0. The van der Waals surface area contributed by atoms with Crippen molar-refractivity contribution in [2.24, 2.45) is 0 Å². The molecule has 1 unspecified atom stereocenters. The minimum atomic E-state index is 0.461. The van der Waals surface area contributed by atoms with E-state index < -0.39 is 0 Å². The first-order chi connectivity index (χ1) is 8.69. The molecule has 18 heavy (non-hydrogen) atoms. The first-order valence-corrected chi connectivity index (χ1v) is 6.28. The number of ether oxygens (including phenoxy) is 3. The topological polar surface area (TPSA) is 39.7 Å². The predicted octanol–water partition coefficient (Wildman–Crippen LogP) is 2.47. The van der Waals surface area contributed by atoms with Gasteiger partial charge < -0.3 is 19.5 Å². The van der Waals surface area contributed by atoms with Gasteiger partial charge in [0.05, 0.1) is 20.8 Å². The molecule has 0 fully saturated rings. The Bertz CT molecular complexity index is 333. The third-order valence-corrected chi connectivity index (χ3v) is 2.70. The smallest absolute Gasteiger partial charge is 0.126 e. The summed E-state index contributed by atoms with van der Waals surface area (Å²) in [5, 5.41) is 3.35. The van der Waals surface area contributed by atoms with Gasteiger partial charge in [-0.2, -0.15) is 0 Å². The highest BCUT2D eigenvalue weighted by molar-refractivity contribution is 5.41. The molecule has 1 aromatic rings. The molecule has 0 radical (unpaired) electrons. The Balaban J connectivity index is 2.50. The fourth-order valence-electron chi connectivity index (χ4n) is 1.67. The number of rotatable bonds is 8. The molecule has 1 aromatic carbocycles. The van der Waals surface area contributed by atoms with Crippen LogP contribution in [-0.4, -0.2) is 33.4 Å². The Morgan fingerprint density at radius 1 is 1.06 bits per heavy atom. The maximum absolute atomic E-state index is 5.71. The molecule has 0 aliphatic rings. The van der Waals surface area contributed by atoms with Crippen molar-refractivity contribution in [3.63, 3.8) is 0 Å². The Kier molecular flexibility index (Phi) is 6.36. The monoisotopic (exact) mass is 253 g/mol. The Morgan fingerprint density at radius 2 is 1.61 bits per heavy atom. The lowest BCUT2D eigenvalue weighted by molar-refractivity contribution is 0.287. The third-order valence-electron chi connectivity index (χ3n) is 2.70. The van der Waals surface area contributed by atoms with Crippen LogP contribution in [0.2, 0.25) is 0 Å². The van der Waals surface area contributed by atoms with Crippen LogP contribution in [0.4, 0.5) is 0 Å². The second-order valence-corrected chi connectivity index (χ2v) is 4.14. The molecule has 0 aromatic heterocycles. The van der Waals surface area contributed by atoms with E-state index in [0.29, 0.717) is 12.6 Å². The molecule has 0 amide bonds. The lowest BCUT2D eigenvalue weighted by Crippen LogP contribution is -2.27.